The first kappa shape index (κ1) is 19.9. The zero-order valence-electron chi connectivity index (χ0n) is 16.8. The minimum Gasteiger partial charge on any atom is -0.494 e. The zero-order chi connectivity index (χ0) is 20.1. The fraction of sp³-hybridized carbons (Fsp3) is 0.476. The van der Waals surface area contributed by atoms with Crippen molar-refractivity contribution in [3.63, 3.8) is 0 Å². The topological polar surface area (TPSA) is 76.5 Å². The molecule has 0 atom stereocenters. The van der Waals surface area contributed by atoms with Crippen molar-refractivity contribution in [1.82, 2.24) is 9.55 Å². The molecule has 0 aliphatic carbocycles. The number of carbonyl (C=O) groups is 1. The summed E-state index contributed by atoms with van der Waals surface area (Å²) in [5, 5.41) is 2.85. The summed E-state index contributed by atoms with van der Waals surface area (Å²) in [5.74, 6) is 1.09. The number of rotatable bonds is 6. The maximum atomic E-state index is 12.9. The molecule has 1 fully saturated rings. The molecule has 1 aromatic carbocycles. The van der Waals surface area contributed by atoms with Gasteiger partial charge in [-0.1, -0.05) is 0 Å². The number of hydrogen-bond acceptors (Lipinski definition) is 5. The van der Waals surface area contributed by atoms with Crippen LogP contribution in [0.1, 0.15) is 37.4 Å². The second-order valence-corrected chi connectivity index (χ2v) is 7.07. The lowest BCUT2D eigenvalue weighted by Gasteiger charge is -2.30. The van der Waals surface area contributed by atoms with Crippen molar-refractivity contribution in [3.05, 3.63) is 45.9 Å². The van der Waals surface area contributed by atoms with E-state index in [9.17, 15) is 9.59 Å². The van der Waals surface area contributed by atoms with Gasteiger partial charge in [-0.25, -0.2) is 4.98 Å². The van der Waals surface area contributed by atoms with Gasteiger partial charge in [0.1, 0.15) is 12.3 Å². The number of nitrogens with one attached hydrogen (secondary N) is 1. The summed E-state index contributed by atoms with van der Waals surface area (Å²) in [6.07, 6.45) is 3.33. The van der Waals surface area contributed by atoms with Crippen molar-refractivity contribution < 1.29 is 9.53 Å². The molecule has 2 heterocycles. The van der Waals surface area contributed by atoms with Crippen molar-refractivity contribution in [1.29, 1.82) is 0 Å². The second kappa shape index (κ2) is 8.91. The Morgan fingerprint density at radius 2 is 1.82 bits per heavy atom. The SMILES string of the molecule is CCOc1ccc(NC(=O)Cn2c(N3CCCCC3)nc(C)c(C)c2=O)cc1. The summed E-state index contributed by atoms with van der Waals surface area (Å²) >= 11 is 0. The summed E-state index contributed by atoms with van der Waals surface area (Å²) in [5.41, 5.74) is 1.80. The average Bonchev–Trinajstić information content (AvgIpc) is 2.70. The van der Waals surface area contributed by atoms with E-state index >= 15 is 0 Å². The fourth-order valence-electron chi connectivity index (χ4n) is 3.37. The number of hydrogen-bond donors (Lipinski definition) is 1. The molecular weight excluding hydrogens is 356 g/mol. The van der Waals surface area contributed by atoms with Crippen LogP contribution >= 0.6 is 0 Å². The molecule has 1 saturated heterocycles. The Morgan fingerprint density at radius 1 is 1.14 bits per heavy atom. The predicted molar refractivity (Wildman–Crippen MR) is 110 cm³/mol. The lowest BCUT2D eigenvalue weighted by Crippen LogP contribution is -2.39. The molecule has 0 saturated carbocycles. The van der Waals surface area contributed by atoms with Gasteiger partial charge < -0.3 is 15.0 Å². The lowest BCUT2D eigenvalue weighted by atomic mass is 10.1. The van der Waals surface area contributed by atoms with E-state index in [-0.39, 0.29) is 18.0 Å². The Kier molecular flexibility index (Phi) is 6.34. The number of benzene rings is 1. The second-order valence-electron chi connectivity index (χ2n) is 7.07. The van der Waals surface area contributed by atoms with Crippen molar-refractivity contribution in [2.45, 2.75) is 46.6 Å². The molecule has 7 nitrogen and oxygen atoms in total. The Bertz CT molecular complexity index is 884. The molecule has 0 bridgehead atoms. The highest BCUT2D eigenvalue weighted by atomic mass is 16.5. The van der Waals surface area contributed by atoms with E-state index in [0.29, 0.717) is 29.5 Å². The number of aromatic nitrogens is 2. The molecule has 0 spiro atoms. The number of aryl methyl sites for hydroxylation is 1. The van der Waals surface area contributed by atoms with E-state index in [0.717, 1.165) is 31.7 Å². The standard InChI is InChI=1S/C21H28N4O3/c1-4-28-18-10-8-17(9-11-18)23-19(26)14-25-20(27)15(2)16(3)22-21(25)24-12-6-5-7-13-24/h8-11H,4-7,12-14H2,1-3H3,(H,23,26). The average molecular weight is 384 g/mol. The summed E-state index contributed by atoms with van der Waals surface area (Å²) in [6, 6.07) is 7.19. The first-order chi connectivity index (χ1) is 13.5. The van der Waals surface area contributed by atoms with Gasteiger partial charge in [0.2, 0.25) is 11.9 Å². The van der Waals surface area contributed by atoms with Gasteiger partial charge in [0.15, 0.2) is 0 Å². The third-order valence-electron chi connectivity index (χ3n) is 5.01. The van der Waals surface area contributed by atoms with Gasteiger partial charge in [-0.2, -0.15) is 0 Å². The van der Waals surface area contributed by atoms with Crippen molar-refractivity contribution >= 4 is 17.5 Å². The minimum atomic E-state index is -0.255. The van der Waals surface area contributed by atoms with Crippen LogP contribution in [-0.4, -0.2) is 35.2 Å². The molecule has 0 unspecified atom stereocenters. The van der Waals surface area contributed by atoms with Gasteiger partial charge in [-0.15, -0.1) is 0 Å². The molecule has 28 heavy (non-hydrogen) atoms. The lowest BCUT2D eigenvalue weighted by molar-refractivity contribution is -0.116. The molecule has 1 amide bonds. The van der Waals surface area contributed by atoms with Crippen LogP contribution in [0.5, 0.6) is 5.75 Å². The van der Waals surface area contributed by atoms with Crippen LogP contribution in [0.15, 0.2) is 29.1 Å². The Morgan fingerprint density at radius 3 is 2.46 bits per heavy atom. The number of anilines is 2. The molecule has 7 heteroatoms. The maximum Gasteiger partial charge on any atom is 0.258 e. The number of piperidine rings is 1. The van der Waals surface area contributed by atoms with Crippen LogP contribution in [0.2, 0.25) is 0 Å². The highest BCUT2D eigenvalue weighted by Gasteiger charge is 2.20. The van der Waals surface area contributed by atoms with Crippen LogP contribution < -0.4 is 20.5 Å². The van der Waals surface area contributed by atoms with Crippen molar-refractivity contribution in [3.8, 4) is 5.75 Å². The molecule has 1 aliphatic heterocycles. The molecule has 1 aromatic heterocycles. The third-order valence-corrected chi connectivity index (χ3v) is 5.01. The molecular formula is C21H28N4O3. The molecule has 0 radical (unpaired) electrons. The van der Waals surface area contributed by atoms with E-state index in [1.807, 2.05) is 26.0 Å². The first-order valence-corrected chi connectivity index (χ1v) is 9.85. The van der Waals surface area contributed by atoms with E-state index in [1.165, 1.54) is 11.0 Å². The normalized spacial score (nSPS) is 14.0. The maximum absolute atomic E-state index is 12.9. The Hall–Kier alpha value is -2.83. The predicted octanol–water partition coefficient (Wildman–Crippen LogP) is 2.89. The van der Waals surface area contributed by atoms with Crippen molar-refractivity contribution in [2.24, 2.45) is 0 Å². The summed E-state index contributed by atoms with van der Waals surface area (Å²) < 4.78 is 6.91. The summed E-state index contributed by atoms with van der Waals surface area (Å²) in [6.45, 7) is 7.76. The molecule has 150 valence electrons. The van der Waals surface area contributed by atoms with E-state index < -0.39 is 0 Å². The smallest absolute Gasteiger partial charge is 0.258 e. The van der Waals surface area contributed by atoms with Gasteiger partial charge in [0, 0.05) is 30.0 Å². The highest BCUT2D eigenvalue weighted by molar-refractivity contribution is 5.90. The number of nitrogens with zero attached hydrogens (tertiary/aromatic N) is 3. The molecule has 1 aliphatic rings. The zero-order valence-corrected chi connectivity index (χ0v) is 16.8. The summed E-state index contributed by atoms with van der Waals surface area (Å²) in [7, 11) is 0. The van der Waals surface area contributed by atoms with Crippen LogP contribution in [0.4, 0.5) is 11.6 Å². The quantitative estimate of drug-likeness (QED) is 0.829. The number of ether oxygens (including phenoxy) is 1. The van der Waals surface area contributed by atoms with Gasteiger partial charge >= 0.3 is 0 Å². The largest absolute Gasteiger partial charge is 0.494 e. The first-order valence-electron chi connectivity index (χ1n) is 9.85. The molecule has 1 N–H and O–H groups in total. The third kappa shape index (κ3) is 4.52. The van der Waals surface area contributed by atoms with E-state index in [4.69, 9.17) is 4.74 Å². The monoisotopic (exact) mass is 384 g/mol. The van der Waals surface area contributed by atoms with Gasteiger partial charge in [-0.3, -0.25) is 14.2 Å². The van der Waals surface area contributed by atoms with Crippen LogP contribution in [0.3, 0.4) is 0 Å². The van der Waals surface area contributed by atoms with Gasteiger partial charge in [0.25, 0.3) is 5.56 Å². The molecule has 3 rings (SSSR count). The van der Waals surface area contributed by atoms with E-state index in [2.05, 4.69) is 15.2 Å². The Labute approximate surface area is 165 Å². The fourth-order valence-corrected chi connectivity index (χ4v) is 3.37. The number of carbonyl (C=O) groups excluding carboxylic acids is 1. The van der Waals surface area contributed by atoms with Crippen LogP contribution in [0.25, 0.3) is 0 Å². The molecule has 2 aromatic rings. The number of amides is 1. The Balaban J connectivity index is 1.81. The minimum absolute atomic E-state index is 0.0635. The van der Waals surface area contributed by atoms with Crippen LogP contribution in [-0.2, 0) is 11.3 Å². The van der Waals surface area contributed by atoms with E-state index in [1.54, 1.807) is 19.1 Å². The summed E-state index contributed by atoms with van der Waals surface area (Å²) in [4.78, 5) is 32.2. The van der Waals surface area contributed by atoms with Gasteiger partial charge in [-0.05, 0) is 64.3 Å². The van der Waals surface area contributed by atoms with Crippen LogP contribution in [0, 0.1) is 13.8 Å². The highest BCUT2D eigenvalue weighted by Crippen LogP contribution is 2.19. The van der Waals surface area contributed by atoms with Gasteiger partial charge in [0.05, 0.1) is 6.61 Å². The van der Waals surface area contributed by atoms with Crippen molar-refractivity contribution in [2.75, 3.05) is 29.9 Å².